The van der Waals surface area contributed by atoms with Crippen molar-refractivity contribution in [3.05, 3.63) is 46.6 Å². The van der Waals surface area contributed by atoms with Gasteiger partial charge in [0.05, 0.1) is 26.9 Å². The van der Waals surface area contributed by atoms with Gasteiger partial charge in [-0.3, -0.25) is 4.79 Å². The van der Waals surface area contributed by atoms with Crippen molar-refractivity contribution in [1.29, 1.82) is 0 Å². The Balaban J connectivity index is 1.51. The Labute approximate surface area is 249 Å². The quantitative estimate of drug-likeness (QED) is 0.163. The third-order valence-corrected chi connectivity index (χ3v) is 7.67. The number of ether oxygens (including phenoxy) is 6. The van der Waals surface area contributed by atoms with E-state index in [-0.39, 0.29) is 22.5 Å². The van der Waals surface area contributed by atoms with E-state index < -0.39 is 84.9 Å². The second-order valence-electron chi connectivity index (χ2n) is 10.4. The maximum absolute atomic E-state index is 13.2. The predicted molar refractivity (Wildman–Crippen MR) is 148 cm³/mol. The van der Waals surface area contributed by atoms with Gasteiger partial charge in [0.2, 0.25) is 12.0 Å². The van der Waals surface area contributed by atoms with Gasteiger partial charge in [-0.1, -0.05) is 0 Å². The van der Waals surface area contributed by atoms with Crippen LogP contribution in [-0.2, 0) is 14.2 Å². The summed E-state index contributed by atoms with van der Waals surface area (Å²) in [5, 5.41) is 72.8. The highest BCUT2D eigenvalue weighted by Crippen LogP contribution is 2.44. The molecule has 0 unspecified atom stereocenters. The van der Waals surface area contributed by atoms with E-state index in [1.54, 1.807) is 24.3 Å². The number of aliphatic hydroxyl groups excluding tert-OH is 6. The van der Waals surface area contributed by atoms with E-state index in [9.17, 15) is 40.5 Å². The van der Waals surface area contributed by atoms with Crippen LogP contribution in [0.25, 0.3) is 22.3 Å². The number of benzene rings is 2. The molecule has 3 aromatic rings. The van der Waals surface area contributed by atoms with Gasteiger partial charge in [-0.15, -0.1) is 0 Å². The molecule has 240 valence electrons. The first kappa shape index (κ1) is 31.9. The highest BCUT2D eigenvalue weighted by molar-refractivity contribution is 5.89. The largest absolute Gasteiger partial charge is 0.504 e. The molecular weight excluding hydrogens is 588 g/mol. The van der Waals surface area contributed by atoms with E-state index >= 15 is 0 Å². The number of hydrogen-bond donors (Lipinski definition) is 7. The fourth-order valence-electron chi connectivity index (χ4n) is 5.12. The number of hydrogen-bond acceptors (Lipinski definition) is 15. The van der Waals surface area contributed by atoms with E-state index in [4.69, 9.17) is 32.8 Å². The Morgan fingerprint density at radius 2 is 1.55 bits per heavy atom. The fraction of sp³-hybridized carbons (Fsp3) is 0.483. The number of aliphatic hydroxyl groups is 6. The third kappa shape index (κ3) is 5.81. The summed E-state index contributed by atoms with van der Waals surface area (Å²) in [4.78, 5) is 13.2. The Kier molecular flexibility index (Phi) is 9.31. The summed E-state index contributed by atoms with van der Waals surface area (Å²) in [7, 11) is 2.77. The number of fused-ring (bicyclic) bond motifs is 1. The van der Waals surface area contributed by atoms with E-state index in [1.807, 2.05) is 0 Å². The molecule has 10 atom stereocenters. The lowest BCUT2D eigenvalue weighted by Gasteiger charge is -2.45. The van der Waals surface area contributed by atoms with Crippen LogP contribution in [0.5, 0.6) is 23.0 Å². The summed E-state index contributed by atoms with van der Waals surface area (Å²) in [5.41, 5.74) is -0.129. The smallest absolute Gasteiger partial charge is 0.230 e. The molecule has 0 bridgehead atoms. The van der Waals surface area contributed by atoms with Crippen LogP contribution in [0.15, 0.2) is 45.6 Å². The van der Waals surface area contributed by atoms with Crippen molar-refractivity contribution in [2.24, 2.45) is 0 Å². The molecule has 2 fully saturated rings. The van der Waals surface area contributed by atoms with Gasteiger partial charge in [0.15, 0.2) is 29.3 Å². The topological polar surface area (TPSA) is 227 Å². The Hall–Kier alpha value is -3.51. The maximum Gasteiger partial charge on any atom is 0.230 e. The number of methoxy groups -OCH3 is 2. The lowest BCUT2D eigenvalue weighted by molar-refractivity contribution is -0.354. The fourth-order valence-corrected chi connectivity index (χ4v) is 5.12. The number of phenols is 1. The van der Waals surface area contributed by atoms with Crippen LogP contribution in [0.4, 0.5) is 0 Å². The minimum Gasteiger partial charge on any atom is -0.504 e. The lowest BCUT2D eigenvalue weighted by atomic mass is 9.97. The molecule has 2 aromatic carbocycles. The molecule has 0 amide bonds. The van der Waals surface area contributed by atoms with Crippen LogP contribution in [0, 0.1) is 0 Å². The van der Waals surface area contributed by atoms with Gasteiger partial charge in [-0.25, -0.2) is 0 Å². The van der Waals surface area contributed by atoms with E-state index in [0.717, 1.165) is 0 Å². The van der Waals surface area contributed by atoms with Crippen molar-refractivity contribution in [3.8, 4) is 34.3 Å². The molecule has 0 aliphatic carbocycles. The monoisotopic (exact) mass is 622 g/mol. The van der Waals surface area contributed by atoms with Crippen LogP contribution in [-0.4, -0.2) is 118 Å². The highest BCUT2D eigenvalue weighted by Gasteiger charge is 2.51. The first-order chi connectivity index (χ1) is 21.0. The lowest BCUT2D eigenvalue weighted by Crippen LogP contribution is -2.64. The average Bonchev–Trinajstić information content (AvgIpc) is 3.02. The summed E-state index contributed by atoms with van der Waals surface area (Å²) in [5.74, 6) is -0.482. The predicted octanol–water partition coefficient (Wildman–Crippen LogP) is -0.787. The summed E-state index contributed by atoms with van der Waals surface area (Å²) < 4.78 is 39.1. The zero-order chi connectivity index (χ0) is 31.9. The van der Waals surface area contributed by atoms with Crippen LogP contribution >= 0.6 is 0 Å². The molecule has 2 aliphatic heterocycles. The van der Waals surface area contributed by atoms with Gasteiger partial charge >= 0.3 is 0 Å². The normalized spacial score (nSPS) is 32.4. The summed E-state index contributed by atoms with van der Waals surface area (Å²) in [6.07, 6.45) is -15.8. The molecule has 7 N–H and O–H groups in total. The van der Waals surface area contributed by atoms with Gasteiger partial charge in [0.1, 0.15) is 59.1 Å². The van der Waals surface area contributed by atoms with Crippen molar-refractivity contribution >= 4 is 11.0 Å². The molecule has 2 aliphatic rings. The summed E-state index contributed by atoms with van der Waals surface area (Å²) >= 11 is 0. The molecule has 0 saturated carbocycles. The minimum absolute atomic E-state index is 0.0497. The summed E-state index contributed by atoms with van der Waals surface area (Å²) in [6.45, 7) is 0.659. The van der Waals surface area contributed by atoms with Crippen molar-refractivity contribution in [2.45, 2.75) is 68.3 Å². The number of rotatable bonds is 8. The Bertz CT molecular complexity index is 1510. The molecule has 5 rings (SSSR count). The Morgan fingerprint density at radius 1 is 0.841 bits per heavy atom. The van der Waals surface area contributed by atoms with Gasteiger partial charge in [0, 0.05) is 17.7 Å². The van der Waals surface area contributed by atoms with Crippen molar-refractivity contribution in [3.63, 3.8) is 0 Å². The molecule has 1 aromatic heterocycles. The molecule has 0 spiro atoms. The van der Waals surface area contributed by atoms with E-state index in [2.05, 4.69) is 0 Å². The number of aromatic hydroxyl groups is 1. The van der Waals surface area contributed by atoms with Crippen LogP contribution in [0.2, 0.25) is 0 Å². The number of phenolic OH excluding ortho intramolecular Hbond substituents is 1. The van der Waals surface area contributed by atoms with Crippen LogP contribution in [0.1, 0.15) is 6.92 Å². The maximum atomic E-state index is 13.2. The van der Waals surface area contributed by atoms with Gasteiger partial charge in [-0.05, 0) is 31.2 Å². The minimum atomic E-state index is -1.81. The van der Waals surface area contributed by atoms with E-state index in [0.29, 0.717) is 11.3 Å². The van der Waals surface area contributed by atoms with Gasteiger partial charge in [-0.2, -0.15) is 0 Å². The average molecular weight is 623 g/mol. The van der Waals surface area contributed by atoms with Crippen LogP contribution in [0.3, 0.4) is 0 Å². The van der Waals surface area contributed by atoms with Crippen molar-refractivity contribution in [2.75, 3.05) is 20.8 Å². The first-order valence-electron chi connectivity index (χ1n) is 13.7. The molecule has 44 heavy (non-hydrogen) atoms. The third-order valence-electron chi connectivity index (χ3n) is 7.67. The SMILES string of the molecule is COc1ccc(-c2cc(=O)c3c(O)c(O[C@@H]4O[C@H](CO)[C@@H](O)[C@H](O)[C@H]4O[C@@H]4O[C@@H](C)[C@H](O)[C@@H](O)[C@H]4O)c(OC)cc3o2)cc1. The molecular formula is C29H34O15. The van der Waals surface area contributed by atoms with Crippen molar-refractivity contribution < 1.29 is 68.6 Å². The zero-order valence-electron chi connectivity index (χ0n) is 23.8. The molecule has 3 heterocycles. The van der Waals surface area contributed by atoms with Crippen molar-refractivity contribution in [1.82, 2.24) is 0 Å². The zero-order valence-corrected chi connectivity index (χ0v) is 23.8. The van der Waals surface area contributed by atoms with Gasteiger partial charge in [0.25, 0.3) is 0 Å². The second-order valence-corrected chi connectivity index (χ2v) is 10.4. The standard InChI is InChI=1S/C29H34O15/c1-11-20(32)23(35)25(37)28(40-11)44-27-24(36)21(33)18(10-30)42-29(27)43-26-17(39-3)9-16-19(22(26)34)14(31)8-15(41-16)12-4-6-13(38-2)7-5-12/h4-9,11,18,20-21,23-25,27-30,32-37H,10H2,1-3H3/t11-,18+,20-,21+,23+,24-,25+,27+,28-,29-/m0/s1. The molecule has 2 saturated heterocycles. The molecule has 15 nitrogen and oxygen atoms in total. The Morgan fingerprint density at radius 3 is 2.18 bits per heavy atom. The molecule has 15 heteroatoms. The van der Waals surface area contributed by atoms with Gasteiger partial charge < -0.3 is 68.6 Å². The molecule has 0 radical (unpaired) electrons. The van der Waals surface area contributed by atoms with E-state index in [1.165, 1.54) is 33.3 Å². The second kappa shape index (κ2) is 12.8. The van der Waals surface area contributed by atoms with Crippen LogP contribution < -0.4 is 19.6 Å². The highest BCUT2D eigenvalue weighted by atomic mass is 16.8. The summed E-state index contributed by atoms with van der Waals surface area (Å²) in [6, 6.07) is 9.20. The first-order valence-corrected chi connectivity index (χ1v) is 13.7.